The fraction of sp³-hybridized carbons (Fsp3) is 0.714. The molecule has 18 nitrogen and oxygen atoms in total. The number of hydrogen-bond donors (Lipinski definition) is 4. The molecule has 0 atom stereocenters. The van der Waals surface area contributed by atoms with Crippen LogP contribution in [0.4, 0.5) is 9.59 Å². The van der Waals surface area contributed by atoms with Crippen LogP contribution in [0, 0.1) is 0 Å². The van der Waals surface area contributed by atoms with E-state index in [9.17, 15) is 28.8 Å². The lowest BCUT2D eigenvalue weighted by Crippen LogP contribution is -2.34. The van der Waals surface area contributed by atoms with E-state index in [0.717, 1.165) is 61.5 Å². The monoisotopic (exact) mass is 1300 g/mol. The summed E-state index contributed by atoms with van der Waals surface area (Å²) in [5.41, 5.74) is 5.22. The number of aliphatic hydroxyl groups is 3. The van der Waals surface area contributed by atoms with E-state index < -0.39 is 23.4 Å². The second-order valence-corrected chi connectivity index (χ2v) is 23.7. The number of nitrogens with zero attached hydrogens (tertiary/aromatic N) is 2. The van der Waals surface area contributed by atoms with E-state index in [-0.39, 0.29) is 115 Å². The van der Waals surface area contributed by atoms with Crippen molar-refractivity contribution in [3.8, 4) is 0 Å². The first-order chi connectivity index (χ1) is 38.0. The lowest BCUT2D eigenvalue weighted by Gasteiger charge is -2.23. The van der Waals surface area contributed by atoms with Crippen LogP contribution in [0.2, 0.25) is 0 Å². The van der Waals surface area contributed by atoms with Gasteiger partial charge in [0.05, 0.1) is 0 Å². The molecule has 0 fully saturated rings. The number of carbonyl (C=O) groups excluding carboxylic acids is 6. The van der Waals surface area contributed by atoms with E-state index in [0.29, 0.717) is 64.7 Å². The second kappa shape index (κ2) is 55.5. The number of carbonyl (C=O) groups is 6. The van der Waals surface area contributed by atoms with Gasteiger partial charge >= 0.3 is 36.1 Å². The summed E-state index contributed by atoms with van der Waals surface area (Å²) in [6, 6.07) is 18.9. The highest BCUT2D eigenvalue weighted by Gasteiger charge is 2.21. The minimum Gasteiger partial charge on any atom is -0.460 e. The van der Waals surface area contributed by atoms with E-state index in [4.69, 9.17) is 49.5 Å². The highest BCUT2D eigenvalue weighted by atomic mass is 79.9. The zero-order valence-corrected chi connectivity index (χ0v) is 56.5. The molecule has 2 aromatic rings. The number of unbranched alkanes of at least 4 members (excludes halogenated alkanes) is 5. The molecular weight excluding hydrogens is 1180 g/mol. The predicted octanol–water partition coefficient (Wildman–Crippen LogP) is 13.0. The van der Waals surface area contributed by atoms with Crippen molar-refractivity contribution < 1.29 is 72.5 Å². The van der Waals surface area contributed by atoms with Gasteiger partial charge in [-0.3, -0.25) is 19.2 Å². The molecule has 492 valence electrons. The van der Waals surface area contributed by atoms with Gasteiger partial charge in [0, 0.05) is 77.0 Å². The van der Waals surface area contributed by atoms with Crippen LogP contribution in [0.1, 0.15) is 211 Å². The van der Waals surface area contributed by atoms with Crippen LogP contribution < -0.4 is 5.73 Å². The molecule has 5 N–H and O–H groups in total. The van der Waals surface area contributed by atoms with Gasteiger partial charge in [0.2, 0.25) is 0 Å². The molecule has 0 aliphatic rings. The Morgan fingerprint density at radius 2 is 0.726 bits per heavy atom. The number of alkyl halides is 1. The Hall–Kier alpha value is -4.12. The quantitative estimate of drug-likeness (QED) is 0.0246. The second-order valence-electron chi connectivity index (χ2n) is 22.9. The number of nitrogens with two attached hydrogens (primary N) is 1. The summed E-state index contributed by atoms with van der Waals surface area (Å²) in [5.74, 6) is -0.791. The molecule has 0 spiro atoms. The first kappa shape index (κ1) is 91.1. The minimum atomic E-state index is -0.512. The molecule has 0 radical (unpaired) electrons. The largest absolute Gasteiger partial charge is 0.460 e. The molecular formula is C63H116BrN3O15S2. The molecule has 0 heterocycles. The summed E-state index contributed by atoms with van der Waals surface area (Å²) in [4.78, 5) is 73.2. The van der Waals surface area contributed by atoms with Gasteiger partial charge in [-0.25, -0.2) is 9.59 Å². The van der Waals surface area contributed by atoms with Gasteiger partial charge in [-0.2, -0.15) is 27.0 Å². The van der Waals surface area contributed by atoms with Crippen molar-refractivity contribution >= 4 is 79.0 Å². The van der Waals surface area contributed by atoms with E-state index in [1.165, 1.54) is 22.6 Å². The zero-order chi connectivity index (χ0) is 62.2. The number of esters is 4. The van der Waals surface area contributed by atoms with Gasteiger partial charge in [-0.1, -0.05) is 117 Å². The standard InChI is InChI=1S/2C19H29NO5.C12H24O3.C8H15BrO2.C4H11N.CH4.2H2S/c2*1-19(2,3)25-17(22)11-7-12-20(13-8-14-21)18(23)24-15-16-9-5-4-6-10-16;1-12(2,3)15-11(14)9-7-5-4-6-8-10-13;1-8(2,3)11-7(10)5-4-6-9;1-2-3-4-5;;;/h2*4-6,9-10,21H,7-8,11-15H2,1-3H3;13H,4-10H2,1-3H3;4-6H2,1-3H3;2-5H2,1H3;1H4;2*1H2. The third-order valence-corrected chi connectivity index (χ3v) is 10.6. The third-order valence-electron chi connectivity index (χ3n) is 10.0. The van der Waals surface area contributed by atoms with E-state index in [2.05, 4.69) is 22.9 Å². The Balaban J connectivity index is -0.000000241. The van der Waals surface area contributed by atoms with Crippen LogP contribution in [0.5, 0.6) is 0 Å². The van der Waals surface area contributed by atoms with Crippen LogP contribution in [0.25, 0.3) is 0 Å². The maximum absolute atomic E-state index is 12.2. The summed E-state index contributed by atoms with van der Waals surface area (Å²) in [6.45, 7) is 27.3. The molecule has 0 aliphatic carbocycles. The summed E-state index contributed by atoms with van der Waals surface area (Å²) < 4.78 is 31.4. The number of aliphatic hydroxyl groups excluding tert-OH is 3. The lowest BCUT2D eigenvalue weighted by atomic mass is 10.1. The van der Waals surface area contributed by atoms with Gasteiger partial charge in [0.25, 0.3) is 0 Å². The average Bonchev–Trinajstić information content (AvgIpc) is 3.37. The van der Waals surface area contributed by atoms with Crippen molar-refractivity contribution in [3.63, 3.8) is 0 Å². The molecule has 2 amide bonds. The van der Waals surface area contributed by atoms with Gasteiger partial charge in [0.15, 0.2) is 0 Å². The van der Waals surface area contributed by atoms with Gasteiger partial charge in [-0.05, 0) is 152 Å². The normalized spacial score (nSPS) is 10.6. The van der Waals surface area contributed by atoms with Crippen molar-refractivity contribution in [2.75, 3.05) is 57.9 Å². The molecule has 84 heavy (non-hydrogen) atoms. The average molecular weight is 1300 g/mol. The molecule has 0 unspecified atom stereocenters. The lowest BCUT2D eigenvalue weighted by molar-refractivity contribution is -0.156. The Bertz CT molecular complexity index is 1810. The number of benzene rings is 2. The van der Waals surface area contributed by atoms with Crippen molar-refractivity contribution in [1.29, 1.82) is 0 Å². The molecule has 2 rings (SSSR count). The van der Waals surface area contributed by atoms with E-state index >= 15 is 0 Å². The molecule has 2 aromatic carbocycles. The fourth-order valence-electron chi connectivity index (χ4n) is 6.46. The number of ether oxygens (including phenoxy) is 6. The van der Waals surface area contributed by atoms with Crippen LogP contribution >= 0.6 is 42.9 Å². The molecule has 0 saturated heterocycles. The SMILES string of the molecule is C.CC(C)(C)OC(=O)CCCBr.CC(C)(C)OC(=O)CCCCCCCO.CC(C)(C)OC(=O)CCCN(CCCO)C(=O)OCc1ccccc1.CC(C)(C)OC(=O)CCCN(CCCO)C(=O)OCc1ccccc1.CCCCN.S.S. The number of rotatable bonds is 30. The smallest absolute Gasteiger partial charge is 0.410 e. The summed E-state index contributed by atoms with van der Waals surface area (Å²) in [7, 11) is 0. The maximum Gasteiger partial charge on any atom is 0.410 e. The van der Waals surface area contributed by atoms with Crippen molar-refractivity contribution in [2.24, 2.45) is 5.73 Å². The van der Waals surface area contributed by atoms with Gasteiger partial charge < -0.3 is 59.3 Å². The summed E-state index contributed by atoms with van der Waals surface area (Å²) in [5, 5.41) is 27.4. The summed E-state index contributed by atoms with van der Waals surface area (Å²) >= 11 is 3.25. The Kier molecular flexibility index (Phi) is 60.1. The Morgan fingerprint density at radius 3 is 1.00 bits per heavy atom. The van der Waals surface area contributed by atoms with Crippen molar-refractivity contribution in [1.82, 2.24) is 9.80 Å². The van der Waals surface area contributed by atoms with Crippen LogP contribution in [0.3, 0.4) is 0 Å². The Morgan fingerprint density at radius 1 is 0.440 bits per heavy atom. The molecule has 0 saturated carbocycles. The van der Waals surface area contributed by atoms with Crippen molar-refractivity contribution in [3.05, 3.63) is 71.8 Å². The van der Waals surface area contributed by atoms with E-state index in [1.807, 2.05) is 144 Å². The Labute approximate surface area is 529 Å². The van der Waals surface area contributed by atoms with Crippen molar-refractivity contribution in [2.45, 2.75) is 236 Å². The topological polar surface area (TPSA) is 251 Å². The van der Waals surface area contributed by atoms with Crippen LogP contribution in [-0.2, 0) is 60.8 Å². The molecule has 0 aromatic heterocycles. The molecule has 21 heteroatoms. The number of hydrogen-bond acceptors (Lipinski definition) is 16. The number of halogens is 1. The maximum atomic E-state index is 12.2. The first-order valence-electron chi connectivity index (χ1n) is 28.8. The third kappa shape index (κ3) is 65.4. The van der Waals surface area contributed by atoms with Crippen LogP contribution in [0.15, 0.2) is 60.7 Å². The zero-order valence-electron chi connectivity index (χ0n) is 53.0. The fourth-order valence-corrected chi connectivity index (χ4v) is 6.74. The van der Waals surface area contributed by atoms with Gasteiger partial charge in [-0.15, -0.1) is 0 Å². The predicted molar refractivity (Wildman–Crippen MR) is 351 cm³/mol. The minimum absolute atomic E-state index is 0. The first-order valence-corrected chi connectivity index (χ1v) is 30.0. The number of amides is 2. The van der Waals surface area contributed by atoms with E-state index in [1.54, 1.807) is 0 Å². The summed E-state index contributed by atoms with van der Waals surface area (Å²) in [6.07, 6.45) is 10.7. The van der Waals surface area contributed by atoms with Gasteiger partial charge in [0.1, 0.15) is 35.6 Å². The van der Waals surface area contributed by atoms with Crippen LogP contribution in [-0.4, -0.2) is 141 Å². The molecule has 0 aliphatic heterocycles. The molecule has 0 bridgehead atoms. The highest BCUT2D eigenvalue weighted by Crippen LogP contribution is 2.15. The highest BCUT2D eigenvalue weighted by molar-refractivity contribution is 9.09.